The fourth-order valence-electron chi connectivity index (χ4n) is 5.84. The molecule has 0 radical (unpaired) electrons. The molecule has 13 heteroatoms. The van der Waals surface area contributed by atoms with E-state index in [1.807, 2.05) is 0 Å². The van der Waals surface area contributed by atoms with Crippen LogP contribution in [0.5, 0.6) is 5.75 Å². The number of nitrogens with one attached hydrogen (secondary N) is 1. The fourth-order valence-corrected chi connectivity index (χ4v) is 9.65. The van der Waals surface area contributed by atoms with Gasteiger partial charge in [-0.3, -0.25) is 0 Å². The molecule has 8 nitrogen and oxygen atoms in total. The first-order chi connectivity index (χ1) is 17.6. The lowest BCUT2D eigenvalue weighted by atomic mass is 9.67. The second-order valence-corrected chi connectivity index (χ2v) is 13.9. The van der Waals surface area contributed by atoms with Gasteiger partial charge in [-0.25, -0.2) is 21.9 Å². The number of sulfone groups is 1. The summed E-state index contributed by atoms with van der Waals surface area (Å²) in [6.07, 6.45) is 0.887. The van der Waals surface area contributed by atoms with E-state index in [1.54, 1.807) is 0 Å². The van der Waals surface area contributed by atoms with Crippen LogP contribution in [0.4, 0.5) is 8.78 Å². The highest BCUT2D eigenvalue weighted by Crippen LogP contribution is 2.58. The van der Waals surface area contributed by atoms with Crippen molar-refractivity contribution in [3.8, 4) is 5.75 Å². The first kappa shape index (κ1) is 26.8. The first-order valence-corrected chi connectivity index (χ1v) is 15.3. The van der Waals surface area contributed by atoms with Gasteiger partial charge in [-0.1, -0.05) is 18.0 Å². The topological polar surface area (TPSA) is 102 Å². The lowest BCUT2D eigenvalue weighted by Crippen LogP contribution is -2.56. The van der Waals surface area contributed by atoms with Gasteiger partial charge in [0.2, 0.25) is 0 Å². The molecule has 3 aliphatic rings. The Kier molecular flexibility index (Phi) is 7.27. The molecule has 3 atom stereocenters. The van der Waals surface area contributed by atoms with Crippen molar-refractivity contribution in [2.45, 2.75) is 28.9 Å². The minimum Gasteiger partial charge on any atom is -0.490 e. The Bertz CT molecular complexity index is 1380. The molecule has 2 aliphatic heterocycles. The second kappa shape index (κ2) is 10.0. The molecule has 5 rings (SSSR count). The number of benzene rings is 2. The van der Waals surface area contributed by atoms with E-state index >= 15 is 4.39 Å². The Morgan fingerprint density at radius 1 is 1.03 bits per heavy atom. The predicted molar refractivity (Wildman–Crippen MR) is 132 cm³/mol. The Labute approximate surface area is 220 Å². The third-order valence-electron chi connectivity index (χ3n) is 7.62. The van der Waals surface area contributed by atoms with Gasteiger partial charge < -0.3 is 9.47 Å². The number of ether oxygens (including phenoxy) is 2. The lowest BCUT2D eigenvalue weighted by Gasteiger charge is -2.50. The van der Waals surface area contributed by atoms with Crippen molar-refractivity contribution in [1.82, 2.24) is 9.03 Å². The summed E-state index contributed by atoms with van der Waals surface area (Å²) in [5.41, 5.74) is -0.334. The van der Waals surface area contributed by atoms with E-state index in [9.17, 15) is 21.2 Å². The summed E-state index contributed by atoms with van der Waals surface area (Å²) < 4.78 is 97.6. The van der Waals surface area contributed by atoms with Gasteiger partial charge in [-0.2, -0.15) is 12.7 Å². The molecule has 0 aromatic heterocycles. The molecule has 0 amide bonds. The van der Waals surface area contributed by atoms with Gasteiger partial charge in [-0.05, 0) is 55.2 Å². The molecule has 0 bridgehead atoms. The Morgan fingerprint density at radius 3 is 2.41 bits per heavy atom. The molecular weight excluding hydrogens is 550 g/mol. The molecule has 0 unspecified atom stereocenters. The smallest absolute Gasteiger partial charge is 0.279 e. The summed E-state index contributed by atoms with van der Waals surface area (Å²) in [7, 11) is -8.15. The van der Waals surface area contributed by atoms with Crippen LogP contribution in [-0.4, -0.2) is 60.6 Å². The van der Waals surface area contributed by atoms with Crippen LogP contribution in [0, 0.1) is 23.5 Å². The monoisotopic (exact) mass is 576 g/mol. The maximum atomic E-state index is 15.5. The van der Waals surface area contributed by atoms with E-state index in [0.717, 1.165) is 12.1 Å². The van der Waals surface area contributed by atoms with Crippen LogP contribution < -0.4 is 9.46 Å². The zero-order valence-corrected chi connectivity index (χ0v) is 22.2. The van der Waals surface area contributed by atoms with Gasteiger partial charge in [0.15, 0.2) is 21.4 Å². The van der Waals surface area contributed by atoms with E-state index in [0.29, 0.717) is 17.9 Å². The largest absolute Gasteiger partial charge is 0.490 e. The molecule has 1 aliphatic carbocycles. The average molecular weight is 577 g/mol. The summed E-state index contributed by atoms with van der Waals surface area (Å²) in [6, 6.07) is 7.37. The van der Waals surface area contributed by atoms with Crippen molar-refractivity contribution in [3.63, 3.8) is 0 Å². The zero-order chi connectivity index (χ0) is 26.4. The van der Waals surface area contributed by atoms with Gasteiger partial charge in [-0.15, -0.1) is 0 Å². The van der Waals surface area contributed by atoms with Gasteiger partial charge >= 0.3 is 0 Å². The van der Waals surface area contributed by atoms with Gasteiger partial charge in [0, 0.05) is 30.6 Å². The molecule has 37 heavy (non-hydrogen) atoms. The van der Waals surface area contributed by atoms with Crippen LogP contribution in [0.3, 0.4) is 0 Å². The second-order valence-electron chi connectivity index (χ2n) is 9.51. The Hall–Kier alpha value is -1.83. The maximum absolute atomic E-state index is 15.5. The van der Waals surface area contributed by atoms with E-state index in [2.05, 4.69) is 4.72 Å². The predicted octanol–water partition coefficient (Wildman–Crippen LogP) is 3.26. The van der Waals surface area contributed by atoms with Crippen molar-refractivity contribution < 1.29 is 35.1 Å². The highest BCUT2D eigenvalue weighted by molar-refractivity contribution is 7.92. The molecule has 1 saturated carbocycles. The van der Waals surface area contributed by atoms with Gasteiger partial charge in [0.25, 0.3) is 10.2 Å². The minimum absolute atomic E-state index is 0.0338. The molecule has 2 heterocycles. The van der Waals surface area contributed by atoms with Crippen molar-refractivity contribution in [2.75, 3.05) is 39.5 Å². The number of hydrogen-bond acceptors (Lipinski definition) is 6. The minimum atomic E-state index is -4.31. The summed E-state index contributed by atoms with van der Waals surface area (Å²) in [5.74, 6) is -3.49. The van der Waals surface area contributed by atoms with Crippen LogP contribution in [0.25, 0.3) is 0 Å². The van der Waals surface area contributed by atoms with E-state index in [-0.39, 0.29) is 56.3 Å². The molecule has 2 aromatic carbocycles. The highest BCUT2D eigenvalue weighted by Gasteiger charge is 2.60. The van der Waals surface area contributed by atoms with Crippen LogP contribution in [0.15, 0.2) is 41.3 Å². The van der Waals surface area contributed by atoms with Crippen molar-refractivity contribution in [1.29, 1.82) is 0 Å². The van der Waals surface area contributed by atoms with Crippen LogP contribution in [0.2, 0.25) is 5.02 Å². The SMILES string of the molecule is O=S(=O)(NC[C@@H]1CCC[C@@]2(S(=O)(=O)c3ccc(Cl)cc3)c3c(F)ccc(F)c3OC[C@@H]12)N1CCOCC1. The normalized spacial score (nSPS) is 26.7. The summed E-state index contributed by atoms with van der Waals surface area (Å²) in [6.45, 7) is 0.705. The van der Waals surface area contributed by atoms with Gasteiger partial charge in [0.05, 0.1) is 30.3 Å². The van der Waals surface area contributed by atoms with Crippen molar-refractivity contribution >= 4 is 31.6 Å². The van der Waals surface area contributed by atoms with Crippen LogP contribution in [0.1, 0.15) is 24.8 Å². The number of hydrogen-bond donors (Lipinski definition) is 1. The number of halogens is 3. The zero-order valence-electron chi connectivity index (χ0n) is 19.8. The average Bonchev–Trinajstić information content (AvgIpc) is 2.89. The number of rotatable bonds is 6. The highest BCUT2D eigenvalue weighted by atomic mass is 35.5. The summed E-state index contributed by atoms with van der Waals surface area (Å²) >= 11 is 5.98. The molecule has 1 saturated heterocycles. The third kappa shape index (κ3) is 4.55. The molecule has 2 aromatic rings. The summed E-state index contributed by atoms with van der Waals surface area (Å²) in [5, 5.41) is 0.330. The molecule has 2 fully saturated rings. The van der Waals surface area contributed by atoms with Gasteiger partial charge in [0.1, 0.15) is 10.6 Å². The maximum Gasteiger partial charge on any atom is 0.279 e. The Balaban J connectivity index is 1.58. The van der Waals surface area contributed by atoms with E-state index < -0.39 is 54.0 Å². The third-order valence-corrected chi connectivity index (χ3v) is 12.0. The van der Waals surface area contributed by atoms with Crippen LogP contribution in [-0.2, 0) is 29.5 Å². The van der Waals surface area contributed by atoms with Crippen molar-refractivity contribution in [2.24, 2.45) is 11.8 Å². The standard InChI is InChI=1S/C24H27ClF2N2O6S2/c25-17-3-5-18(6-4-17)36(30,31)24-9-1-2-16(14-28-37(32,33)29-10-12-34-13-11-29)19(24)15-35-23-21(27)8-7-20(26)22(23)24/h3-8,16,19,28H,1-2,9-15H2/t16-,19-,24-/m0/s1. The molecule has 202 valence electrons. The Morgan fingerprint density at radius 2 is 1.70 bits per heavy atom. The van der Waals surface area contributed by atoms with Crippen LogP contribution >= 0.6 is 11.6 Å². The fraction of sp³-hybridized carbons (Fsp3) is 0.500. The number of nitrogens with zero attached hydrogens (tertiary/aromatic N) is 1. The molecular formula is C24H27ClF2N2O6S2. The quantitative estimate of drug-likeness (QED) is 0.566. The number of morpholine rings is 1. The first-order valence-electron chi connectivity index (χ1n) is 12.0. The van der Waals surface area contributed by atoms with Crippen molar-refractivity contribution in [3.05, 3.63) is 58.6 Å². The van der Waals surface area contributed by atoms with E-state index in [4.69, 9.17) is 21.1 Å². The number of fused-ring (bicyclic) bond motifs is 3. The van der Waals surface area contributed by atoms with E-state index in [1.165, 1.54) is 28.6 Å². The molecule has 0 spiro atoms. The summed E-state index contributed by atoms with van der Waals surface area (Å²) in [4.78, 5) is -0.0760. The lowest BCUT2D eigenvalue weighted by molar-refractivity contribution is 0.0697. The molecule has 1 N–H and O–H groups in total.